The molecule has 2 N–H and O–H groups in total. The summed E-state index contributed by atoms with van der Waals surface area (Å²) in [6.07, 6.45) is 1.99. The van der Waals surface area contributed by atoms with Crippen molar-refractivity contribution in [3.05, 3.63) is 28.2 Å². The monoisotopic (exact) mass is 392 g/mol. The molecule has 118 valence electrons. The summed E-state index contributed by atoms with van der Waals surface area (Å²) < 4.78 is 28.6. The van der Waals surface area contributed by atoms with E-state index in [1.165, 1.54) is 0 Å². The minimum absolute atomic E-state index is 0.0399. The third kappa shape index (κ3) is 4.96. The van der Waals surface area contributed by atoms with Crippen molar-refractivity contribution in [2.24, 2.45) is 0 Å². The van der Waals surface area contributed by atoms with Crippen molar-refractivity contribution in [3.8, 4) is 0 Å². The molecule has 1 aromatic carbocycles. The highest BCUT2D eigenvalue weighted by Crippen LogP contribution is 2.25. The van der Waals surface area contributed by atoms with E-state index in [2.05, 4.69) is 26.0 Å². The number of hydrogen-bond donors (Lipinski definition) is 2. The van der Waals surface area contributed by atoms with Gasteiger partial charge in [-0.05, 0) is 58.8 Å². The molecule has 0 spiro atoms. The number of thioether (sulfide) groups is 1. The second-order valence-corrected chi connectivity index (χ2v) is 8.77. The second-order valence-electron chi connectivity index (χ2n) is 5.08. The van der Waals surface area contributed by atoms with Crippen LogP contribution in [0.15, 0.2) is 27.6 Å². The molecule has 4 nitrogen and oxygen atoms in total. The van der Waals surface area contributed by atoms with E-state index in [1.54, 1.807) is 12.1 Å². The summed E-state index contributed by atoms with van der Waals surface area (Å²) in [7, 11) is -3.48. The maximum absolute atomic E-state index is 12.6. The Morgan fingerprint density at radius 1 is 1.43 bits per heavy atom. The Labute approximate surface area is 139 Å². The molecular formula is C14H21BrN2O2S2. The molecule has 0 aliphatic carbocycles. The summed E-state index contributed by atoms with van der Waals surface area (Å²) in [6, 6.07) is 5.52. The molecule has 21 heavy (non-hydrogen) atoms. The zero-order valence-electron chi connectivity index (χ0n) is 12.1. The Bertz CT molecular complexity index is 572. The Hall–Kier alpha value is -0.0800. The number of benzene rings is 1. The average molecular weight is 393 g/mol. The van der Waals surface area contributed by atoms with Crippen LogP contribution in [-0.4, -0.2) is 32.5 Å². The molecule has 1 saturated heterocycles. The van der Waals surface area contributed by atoms with Crippen LogP contribution < -0.4 is 10.0 Å². The topological polar surface area (TPSA) is 58.2 Å². The lowest BCUT2D eigenvalue weighted by Gasteiger charge is -2.22. The molecule has 1 fully saturated rings. The number of halogens is 1. The molecule has 2 rings (SSSR count). The first kappa shape index (κ1) is 17.3. The summed E-state index contributed by atoms with van der Waals surface area (Å²) in [5.41, 5.74) is 0.971. The van der Waals surface area contributed by atoms with Crippen LogP contribution in [0.2, 0.25) is 0 Å². The van der Waals surface area contributed by atoms with Gasteiger partial charge in [0.05, 0.1) is 4.90 Å². The maximum atomic E-state index is 12.6. The zero-order chi connectivity index (χ0) is 15.3. The molecular weight excluding hydrogens is 372 g/mol. The fraction of sp³-hybridized carbons (Fsp3) is 0.571. The van der Waals surface area contributed by atoms with Crippen LogP contribution in [0.4, 0.5) is 0 Å². The van der Waals surface area contributed by atoms with Gasteiger partial charge in [0.2, 0.25) is 10.0 Å². The van der Waals surface area contributed by atoms with Gasteiger partial charge < -0.3 is 5.32 Å². The molecule has 0 bridgehead atoms. The lowest BCUT2D eigenvalue weighted by atomic mass is 10.2. The normalized spacial score (nSPS) is 19.6. The molecule has 1 heterocycles. The molecule has 1 aliphatic heterocycles. The lowest BCUT2D eigenvalue weighted by Crippen LogP contribution is -2.38. The standard InChI is InChI=1S/C14H21BrN2O2S2/c1-2-16-9-11-5-6-13(15)14(8-11)21(18,19)17-12-4-3-7-20-10-12/h5-6,8,12,16-17H,2-4,7,9-10H2,1H3. The minimum atomic E-state index is -3.48. The van der Waals surface area contributed by atoms with Crippen LogP contribution in [0.25, 0.3) is 0 Å². The van der Waals surface area contributed by atoms with Gasteiger partial charge in [0.1, 0.15) is 0 Å². The summed E-state index contributed by atoms with van der Waals surface area (Å²) in [6.45, 7) is 3.56. The van der Waals surface area contributed by atoms with E-state index in [0.29, 0.717) is 15.9 Å². The predicted octanol–water partition coefficient (Wildman–Crippen LogP) is 2.73. The van der Waals surface area contributed by atoms with E-state index >= 15 is 0 Å². The number of sulfonamides is 1. The van der Waals surface area contributed by atoms with E-state index in [-0.39, 0.29) is 6.04 Å². The van der Waals surface area contributed by atoms with Gasteiger partial charge in [-0.25, -0.2) is 13.1 Å². The van der Waals surface area contributed by atoms with Crippen LogP contribution in [0, 0.1) is 0 Å². The van der Waals surface area contributed by atoms with Crippen LogP contribution in [-0.2, 0) is 16.6 Å². The molecule has 1 aliphatic rings. The van der Waals surface area contributed by atoms with Crippen LogP contribution in [0.5, 0.6) is 0 Å². The van der Waals surface area contributed by atoms with Crippen LogP contribution in [0.3, 0.4) is 0 Å². The van der Waals surface area contributed by atoms with E-state index < -0.39 is 10.0 Å². The van der Waals surface area contributed by atoms with Crippen molar-refractivity contribution in [1.29, 1.82) is 0 Å². The third-order valence-corrected chi connectivity index (χ3v) is 7.08. The van der Waals surface area contributed by atoms with Gasteiger partial charge in [-0.1, -0.05) is 13.0 Å². The average Bonchev–Trinajstić information content (AvgIpc) is 2.47. The fourth-order valence-electron chi connectivity index (χ4n) is 2.25. The highest BCUT2D eigenvalue weighted by Gasteiger charge is 2.24. The van der Waals surface area contributed by atoms with Crippen molar-refractivity contribution >= 4 is 37.7 Å². The van der Waals surface area contributed by atoms with Crippen molar-refractivity contribution in [3.63, 3.8) is 0 Å². The van der Waals surface area contributed by atoms with Gasteiger partial charge in [0.25, 0.3) is 0 Å². The van der Waals surface area contributed by atoms with Gasteiger partial charge in [-0.15, -0.1) is 0 Å². The highest BCUT2D eigenvalue weighted by molar-refractivity contribution is 9.10. The summed E-state index contributed by atoms with van der Waals surface area (Å²) in [5.74, 6) is 1.98. The van der Waals surface area contributed by atoms with E-state index in [1.807, 2.05) is 24.8 Å². The first-order valence-electron chi connectivity index (χ1n) is 7.12. The zero-order valence-corrected chi connectivity index (χ0v) is 15.3. The second kappa shape index (κ2) is 7.97. The lowest BCUT2D eigenvalue weighted by molar-refractivity contribution is 0.542. The van der Waals surface area contributed by atoms with Gasteiger partial charge in [-0.2, -0.15) is 11.8 Å². The van der Waals surface area contributed by atoms with Gasteiger partial charge in [0.15, 0.2) is 0 Å². The van der Waals surface area contributed by atoms with E-state index in [9.17, 15) is 8.42 Å². The first-order chi connectivity index (χ1) is 10.0. The first-order valence-corrected chi connectivity index (χ1v) is 10.5. The number of hydrogen-bond acceptors (Lipinski definition) is 4. The van der Waals surface area contributed by atoms with Crippen molar-refractivity contribution in [2.45, 2.75) is 37.2 Å². The predicted molar refractivity (Wildman–Crippen MR) is 92.2 cm³/mol. The molecule has 0 saturated carbocycles. The number of rotatable bonds is 6. The molecule has 0 aromatic heterocycles. The highest BCUT2D eigenvalue weighted by atomic mass is 79.9. The molecule has 1 atom stereocenters. The molecule has 7 heteroatoms. The number of nitrogens with one attached hydrogen (secondary N) is 2. The van der Waals surface area contributed by atoms with Crippen LogP contribution >= 0.6 is 27.7 Å². The smallest absolute Gasteiger partial charge is 0.241 e. The Morgan fingerprint density at radius 2 is 2.24 bits per heavy atom. The van der Waals surface area contributed by atoms with Crippen molar-refractivity contribution in [1.82, 2.24) is 10.0 Å². The molecule has 1 unspecified atom stereocenters. The quantitative estimate of drug-likeness (QED) is 0.781. The maximum Gasteiger partial charge on any atom is 0.241 e. The largest absolute Gasteiger partial charge is 0.313 e. The van der Waals surface area contributed by atoms with Gasteiger partial charge in [-0.3, -0.25) is 0 Å². The Balaban J connectivity index is 2.17. The minimum Gasteiger partial charge on any atom is -0.313 e. The molecule has 0 amide bonds. The SMILES string of the molecule is CCNCc1ccc(Br)c(S(=O)(=O)NC2CCCSC2)c1. The van der Waals surface area contributed by atoms with E-state index in [4.69, 9.17) is 0 Å². The third-order valence-electron chi connectivity index (χ3n) is 3.35. The van der Waals surface area contributed by atoms with Gasteiger partial charge >= 0.3 is 0 Å². The summed E-state index contributed by atoms with van der Waals surface area (Å²) in [5, 5.41) is 3.21. The van der Waals surface area contributed by atoms with Crippen LogP contribution in [0.1, 0.15) is 25.3 Å². The molecule has 0 radical (unpaired) electrons. The Morgan fingerprint density at radius 3 is 2.90 bits per heavy atom. The fourth-order valence-corrected chi connectivity index (χ4v) is 5.71. The Kier molecular flexibility index (Phi) is 6.55. The van der Waals surface area contributed by atoms with E-state index in [0.717, 1.165) is 36.5 Å². The summed E-state index contributed by atoms with van der Waals surface area (Å²) in [4.78, 5) is 0.327. The van der Waals surface area contributed by atoms with Gasteiger partial charge in [0, 0.05) is 22.8 Å². The summed E-state index contributed by atoms with van der Waals surface area (Å²) >= 11 is 5.16. The van der Waals surface area contributed by atoms with Crippen molar-refractivity contribution in [2.75, 3.05) is 18.1 Å². The molecule has 1 aromatic rings. The van der Waals surface area contributed by atoms with Crippen molar-refractivity contribution < 1.29 is 8.42 Å².